The molecule has 0 heterocycles. The largest absolute Gasteiger partial charge is 0.530 e. The van der Waals surface area contributed by atoms with Crippen molar-refractivity contribution in [1.82, 2.24) is 0 Å². The number of benzene rings is 5. The molecule has 0 saturated carbocycles. The lowest BCUT2D eigenvalue weighted by Gasteiger charge is -2.21. The maximum atomic E-state index is 14.0. The third-order valence-corrected chi connectivity index (χ3v) is 9.93. The smallest absolute Gasteiger partial charge is 0.404 e. The van der Waals surface area contributed by atoms with E-state index in [1.54, 1.807) is 18.2 Å². The Balaban J connectivity index is 1.33. The Morgan fingerprint density at radius 2 is 0.646 bits per heavy atom. The molecular weight excluding hydrogens is 646 g/mol. The Kier molecular flexibility index (Phi) is 12.1. The monoisotopic (exact) mass is 686 g/mol. The third kappa shape index (κ3) is 11.0. The second kappa shape index (κ2) is 16.4. The van der Waals surface area contributed by atoms with Crippen LogP contribution in [0.1, 0.15) is 44.5 Å². The number of phosphoric ester groups is 2. The van der Waals surface area contributed by atoms with Crippen molar-refractivity contribution in [2.24, 2.45) is 0 Å². The van der Waals surface area contributed by atoms with Gasteiger partial charge >= 0.3 is 15.6 Å². The summed E-state index contributed by atoms with van der Waals surface area (Å²) in [5, 5.41) is 0. The molecule has 0 fully saturated rings. The SMILES string of the molecule is Cc1ccc(COP(=O)(OCc2ccc(C)cc2)Oc2cccc(OP(=O)(OCc3ccc(C)cc3)OCc3ccc(C)cc3)c2)cc1. The average Bonchev–Trinajstić information content (AvgIpc) is 3.08. The number of hydrogen-bond donors (Lipinski definition) is 0. The number of hydrogen-bond acceptors (Lipinski definition) is 8. The van der Waals surface area contributed by atoms with Crippen LogP contribution in [0.2, 0.25) is 0 Å². The van der Waals surface area contributed by atoms with E-state index in [9.17, 15) is 9.13 Å². The molecule has 5 aromatic rings. The van der Waals surface area contributed by atoms with Crippen LogP contribution in [-0.2, 0) is 53.7 Å². The van der Waals surface area contributed by atoms with Gasteiger partial charge in [0.1, 0.15) is 11.5 Å². The van der Waals surface area contributed by atoms with Gasteiger partial charge < -0.3 is 9.05 Å². The quantitative estimate of drug-likeness (QED) is 0.0948. The van der Waals surface area contributed by atoms with E-state index in [4.69, 9.17) is 27.1 Å². The predicted octanol–water partition coefficient (Wildman–Crippen LogP) is 10.8. The minimum absolute atomic E-state index is 0.00342. The molecule has 8 nitrogen and oxygen atoms in total. The van der Waals surface area contributed by atoms with Gasteiger partial charge in [-0.3, -0.25) is 18.1 Å². The van der Waals surface area contributed by atoms with Gasteiger partial charge in [0.25, 0.3) is 0 Å². The topological polar surface area (TPSA) is 89.5 Å². The summed E-state index contributed by atoms with van der Waals surface area (Å²) >= 11 is 0. The number of phosphoric acid groups is 2. The van der Waals surface area contributed by atoms with E-state index < -0.39 is 15.6 Å². The summed E-state index contributed by atoms with van der Waals surface area (Å²) in [4.78, 5) is 0. The Labute approximate surface area is 282 Å². The van der Waals surface area contributed by atoms with Crippen molar-refractivity contribution in [3.63, 3.8) is 0 Å². The van der Waals surface area contributed by atoms with E-state index in [0.29, 0.717) is 0 Å². The molecule has 0 N–H and O–H groups in total. The van der Waals surface area contributed by atoms with Gasteiger partial charge in [0.05, 0.1) is 26.4 Å². The normalized spacial score (nSPS) is 11.8. The molecule has 10 heteroatoms. The number of rotatable bonds is 16. The van der Waals surface area contributed by atoms with Gasteiger partial charge in [-0.25, -0.2) is 9.13 Å². The van der Waals surface area contributed by atoms with Crippen molar-refractivity contribution in [2.75, 3.05) is 0 Å². The minimum Gasteiger partial charge on any atom is -0.404 e. The van der Waals surface area contributed by atoms with Gasteiger partial charge in [0.15, 0.2) is 0 Å². The molecule has 0 aliphatic carbocycles. The van der Waals surface area contributed by atoms with E-state index in [1.165, 1.54) is 6.07 Å². The highest BCUT2D eigenvalue weighted by molar-refractivity contribution is 7.49. The molecule has 0 bridgehead atoms. The molecule has 48 heavy (non-hydrogen) atoms. The average molecular weight is 687 g/mol. The van der Waals surface area contributed by atoms with Crippen molar-refractivity contribution in [1.29, 1.82) is 0 Å². The molecule has 250 valence electrons. The van der Waals surface area contributed by atoms with Crippen LogP contribution < -0.4 is 9.05 Å². The standard InChI is InChI=1S/C38H40O8P2/c1-29-8-16-33(17-9-29)25-41-47(39,42-26-34-18-10-30(2)11-19-34)45-37-6-5-7-38(24-37)46-48(40,43-27-35-20-12-31(3)13-21-35)44-28-36-22-14-32(4)15-23-36/h5-24H,25-28H2,1-4H3. The summed E-state index contributed by atoms with van der Waals surface area (Å²) in [6.45, 7) is 7.92. The summed E-state index contributed by atoms with van der Waals surface area (Å²) in [6, 6.07) is 36.9. The first kappa shape index (κ1) is 35.3. The third-order valence-electron chi connectivity index (χ3n) is 7.28. The first-order chi connectivity index (χ1) is 23.0. The second-order valence-corrected chi connectivity index (χ2v) is 14.8. The Morgan fingerprint density at radius 1 is 0.396 bits per heavy atom. The molecule has 0 unspecified atom stereocenters. The second-order valence-electron chi connectivity index (χ2n) is 11.6. The van der Waals surface area contributed by atoms with E-state index >= 15 is 0 Å². The zero-order valence-corrected chi connectivity index (χ0v) is 29.3. The zero-order chi connectivity index (χ0) is 34.0. The Morgan fingerprint density at radius 3 is 0.896 bits per heavy atom. The lowest BCUT2D eigenvalue weighted by molar-refractivity contribution is 0.142. The lowest BCUT2D eigenvalue weighted by Crippen LogP contribution is -2.05. The van der Waals surface area contributed by atoms with Crippen molar-refractivity contribution in [2.45, 2.75) is 54.1 Å². The molecular formula is C38H40O8P2. The van der Waals surface area contributed by atoms with Gasteiger partial charge in [-0.15, -0.1) is 0 Å². The van der Waals surface area contributed by atoms with E-state index in [1.807, 2.05) is 125 Å². The summed E-state index contributed by atoms with van der Waals surface area (Å²) < 4.78 is 63.0. The van der Waals surface area contributed by atoms with Gasteiger partial charge in [0.2, 0.25) is 0 Å². The molecule has 0 atom stereocenters. The maximum absolute atomic E-state index is 14.0. The predicted molar refractivity (Wildman–Crippen MR) is 187 cm³/mol. The minimum atomic E-state index is -4.17. The first-order valence-corrected chi connectivity index (χ1v) is 18.5. The van der Waals surface area contributed by atoms with Crippen LogP contribution in [0, 0.1) is 27.7 Å². The molecule has 0 spiro atoms. The zero-order valence-electron chi connectivity index (χ0n) is 27.5. The highest BCUT2D eigenvalue weighted by Crippen LogP contribution is 2.54. The summed E-state index contributed by atoms with van der Waals surface area (Å²) in [5.74, 6) is 0.236. The molecule has 0 amide bonds. The Hall–Kier alpha value is -4.00. The molecule has 0 radical (unpaired) electrons. The maximum Gasteiger partial charge on any atom is 0.530 e. The summed E-state index contributed by atoms with van der Waals surface area (Å²) in [5.41, 5.74) is 7.58. The number of aryl methyl sites for hydroxylation is 4. The highest BCUT2D eigenvalue weighted by Gasteiger charge is 2.32. The van der Waals surface area contributed by atoms with Gasteiger partial charge in [-0.2, -0.15) is 0 Å². The lowest BCUT2D eigenvalue weighted by atomic mass is 10.2. The molecule has 0 aromatic heterocycles. The van der Waals surface area contributed by atoms with Gasteiger partial charge in [-0.1, -0.05) is 125 Å². The molecule has 5 rings (SSSR count). The van der Waals surface area contributed by atoms with Crippen LogP contribution in [0.5, 0.6) is 11.5 Å². The van der Waals surface area contributed by atoms with Crippen LogP contribution in [0.4, 0.5) is 0 Å². The highest BCUT2D eigenvalue weighted by atomic mass is 31.2. The van der Waals surface area contributed by atoms with Crippen LogP contribution in [-0.4, -0.2) is 0 Å². The van der Waals surface area contributed by atoms with E-state index in [-0.39, 0.29) is 37.9 Å². The van der Waals surface area contributed by atoms with E-state index in [2.05, 4.69) is 0 Å². The first-order valence-electron chi connectivity index (χ1n) is 15.5. The molecule has 0 saturated heterocycles. The van der Waals surface area contributed by atoms with Gasteiger partial charge in [0, 0.05) is 6.07 Å². The molecule has 0 aliphatic rings. The van der Waals surface area contributed by atoms with Crippen molar-refractivity contribution < 1.29 is 36.3 Å². The molecule has 0 aliphatic heterocycles. The Bertz CT molecular complexity index is 1610. The van der Waals surface area contributed by atoms with Crippen molar-refractivity contribution >= 4 is 15.6 Å². The van der Waals surface area contributed by atoms with Crippen LogP contribution >= 0.6 is 15.6 Å². The summed E-state index contributed by atoms with van der Waals surface area (Å²) in [7, 11) is -8.34. The van der Waals surface area contributed by atoms with E-state index in [0.717, 1.165) is 44.5 Å². The molecule has 5 aromatic carbocycles. The van der Waals surface area contributed by atoms with Crippen LogP contribution in [0.3, 0.4) is 0 Å². The van der Waals surface area contributed by atoms with Crippen molar-refractivity contribution in [3.8, 4) is 11.5 Å². The fourth-order valence-electron chi connectivity index (χ4n) is 4.38. The van der Waals surface area contributed by atoms with Crippen LogP contribution in [0.25, 0.3) is 0 Å². The van der Waals surface area contributed by atoms with Crippen LogP contribution in [0.15, 0.2) is 121 Å². The fraction of sp³-hybridized carbons (Fsp3) is 0.211. The van der Waals surface area contributed by atoms with Gasteiger partial charge in [-0.05, 0) is 62.1 Å². The summed E-state index contributed by atoms with van der Waals surface area (Å²) in [6.07, 6.45) is 0. The fourth-order valence-corrected chi connectivity index (χ4v) is 6.71. The van der Waals surface area contributed by atoms with Crippen molar-refractivity contribution in [3.05, 3.63) is 166 Å².